The van der Waals surface area contributed by atoms with E-state index in [4.69, 9.17) is 0 Å². The fraction of sp³-hybridized carbons (Fsp3) is 0.706. The maximum absolute atomic E-state index is 12.5. The van der Waals surface area contributed by atoms with Crippen LogP contribution in [-0.4, -0.2) is 34.3 Å². The Morgan fingerprint density at radius 2 is 2.09 bits per heavy atom. The normalized spacial score (nSPS) is 21.8. The summed E-state index contributed by atoms with van der Waals surface area (Å²) in [5.74, 6) is 0.664. The molecule has 2 fully saturated rings. The van der Waals surface area contributed by atoms with Crippen LogP contribution >= 0.6 is 11.3 Å². The molecule has 5 nitrogen and oxygen atoms in total. The third-order valence-electron chi connectivity index (χ3n) is 4.92. The van der Waals surface area contributed by atoms with Crippen LogP contribution < -0.4 is 5.32 Å². The highest BCUT2D eigenvalue weighted by atomic mass is 32.1. The summed E-state index contributed by atoms with van der Waals surface area (Å²) in [4.78, 5) is 31.1. The number of likely N-dealkylation sites (tertiary alicyclic amines) is 1. The Hall–Kier alpha value is -1.43. The van der Waals surface area contributed by atoms with E-state index in [0.717, 1.165) is 30.1 Å². The number of carbonyl (C=O) groups is 2. The molecule has 0 radical (unpaired) electrons. The van der Waals surface area contributed by atoms with Gasteiger partial charge in [-0.3, -0.25) is 9.59 Å². The number of carbonyl (C=O) groups excluding carboxylic acids is 2. The Balaban J connectivity index is 1.52. The Morgan fingerprint density at radius 1 is 1.30 bits per heavy atom. The zero-order chi connectivity index (χ0) is 16.2. The minimum Gasteiger partial charge on any atom is -0.349 e. The lowest BCUT2D eigenvalue weighted by Crippen LogP contribution is -2.46. The lowest BCUT2D eigenvalue weighted by molar-refractivity contribution is -0.139. The molecule has 2 aliphatic rings. The zero-order valence-corrected chi connectivity index (χ0v) is 14.5. The fourth-order valence-electron chi connectivity index (χ4n) is 3.70. The molecular formula is C17H25N3O2S. The molecule has 0 unspecified atom stereocenters. The highest BCUT2D eigenvalue weighted by Gasteiger charge is 2.34. The van der Waals surface area contributed by atoms with Gasteiger partial charge in [-0.05, 0) is 38.5 Å². The second-order valence-corrected chi connectivity index (χ2v) is 7.74. The van der Waals surface area contributed by atoms with E-state index in [1.165, 1.54) is 25.7 Å². The average Bonchev–Trinajstić information content (AvgIpc) is 3.26. The smallest absolute Gasteiger partial charge is 0.243 e. The van der Waals surface area contributed by atoms with Crippen LogP contribution in [0.5, 0.6) is 0 Å². The highest BCUT2D eigenvalue weighted by Crippen LogP contribution is 2.29. The molecular weight excluding hydrogens is 310 g/mol. The van der Waals surface area contributed by atoms with Crippen molar-refractivity contribution in [3.05, 3.63) is 16.1 Å². The van der Waals surface area contributed by atoms with E-state index < -0.39 is 0 Å². The van der Waals surface area contributed by atoms with Crippen LogP contribution in [0.15, 0.2) is 5.38 Å². The van der Waals surface area contributed by atoms with Gasteiger partial charge < -0.3 is 10.2 Å². The van der Waals surface area contributed by atoms with Crippen LogP contribution in [0.2, 0.25) is 0 Å². The number of rotatable bonds is 5. The fourth-order valence-corrected chi connectivity index (χ4v) is 4.31. The van der Waals surface area contributed by atoms with Gasteiger partial charge in [-0.1, -0.05) is 12.8 Å². The van der Waals surface area contributed by atoms with Crippen LogP contribution in [-0.2, 0) is 16.1 Å². The van der Waals surface area contributed by atoms with Crippen LogP contribution in [0.1, 0.15) is 55.6 Å². The van der Waals surface area contributed by atoms with Gasteiger partial charge in [-0.2, -0.15) is 0 Å². The van der Waals surface area contributed by atoms with Gasteiger partial charge in [0, 0.05) is 18.3 Å². The van der Waals surface area contributed by atoms with Gasteiger partial charge in [-0.15, -0.1) is 11.3 Å². The Kier molecular flexibility index (Phi) is 5.30. The molecule has 1 aromatic rings. The number of amides is 2. The minimum atomic E-state index is -0.288. The molecule has 23 heavy (non-hydrogen) atoms. The van der Waals surface area contributed by atoms with Crippen molar-refractivity contribution in [1.82, 2.24) is 15.2 Å². The predicted octanol–water partition coefficient (Wildman–Crippen LogP) is 2.64. The van der Waals surface area contributed by atoms with Crippen molar-refractivity contribution in [2.24, 2.45) is 5.92 Å². The summed E-state index contributed by atoms with van der Waals surface area (Å²) < 4.78 is 0. The molecule has 0 bridgehead atoms. The van der Waals surface area contributed by atoms with E-state index in [2.05, 4.69) is 10.3 Å². The summed E-state index contributed by atoms with van der Waals surface area (Å²) in [7, 11) is 0. The molecule has 1 atom stereocenters. The van der Waals surface area contributed by atoms with Gasteiger partial charge in [0.1, 0.15) is 6.04 Å². The lowest BCUT2D eigenvalue weighted by atomic mass is 10.0. The zero-order valence-electron chi connectivity index (χ0n) is 13.7. The van der Waals surface area contributed by atoms with Gasteiger partial charge in [0.2, 0.25) is 11.8 Å². The van der Waals surface area contributed by atoms with E-state index in [0.29, 0.717) is 18.9 Å². The van der Waals surface area contributed by atoms with Crippen LogP contribution in [0.25, 0.3) is 0 Å². The average molecular weight is 335 g/mol. The van der Waals surface area contributed by atoms with Crippen molar-refractivity contribution in [3.8, 4) is 0 Å². The highest BCUT2D eigenvalue weighted by molar-refractivity contribution is 7.09. The SMILES string of the molecule is Cc1nc(CNC(=O)[C@H]2CCCN2C(=O)CC2CCCC2)cs1. The third kappa shape index (κ3) is 4.10. The molecule has 1 saturated carbocycles. The molecule has 2 amide bonds. The molecule has 2 heterocycles. The van der Waals surface area contributed by atoms with Crippen LogP contribution in [0, 0.1) is 12.8 Å². The van der Waals surface area contributed by atoms with Crippen molar-refractivity contribution in [1.29, 1.82) is 0 Å². The second kappa shape index (κ2) is 7.43. The van der Waals surface area contributed by atoms with Gasteiger partial charge >= 0.3 is 0 Å². The summed E-state index contributed by atoms with van der Waals surface area (Å²) in [6.45, 7) is 3.13. The van der Waals surface area contributed by atoms with Gasteiger partial charge in [0.15, 0.2) is 0 Å². The first-order valence-corrected chi connectivity index (χ1v) is 9.49. The van der Waals surface area contributed by atoms with Gasteiger partial charge in [-0.25, -0.2) is 4.98 Å². The molecule has 1 aromatic heterocycles. The van der Waals surface area contributed by atoms with Crippen LogP contribution in [0.3, 0.4) is 0 Å². The molecule has 0 aromatic carbocycles. The quantitative estimate of drug-likeness (QED) is 0.900. The van der Waals surface area contributed by atoms with Crippen molar-refractivity contribution < 1.29 is 9.59 Å². The number of nitrogens with zero attached hydrogens (tertiary/aromatic N) is 2. The third-order valence-corrected chi connectivity index (χ3v) is 5.75. The summed E-state index contributed by atoms with van der Waals surface area (Å²) >= 11 is 1.58. The Labute approximate surface area is 141 Å². The van der Waals surface area contributed by atoms with Crippen molar-refractivity contribution in [2.45, 2.75) is 64.5 Å². The maximum atomic E-state index is 12.5. The molecule has 1 N–H and O–H groups in total. The molecule has 126 valence electrons. The summed E-state index contributed by atoms with van der Waals surface area (Å²) in [6, 6.07) is -0.288. The summed E-state index contributed by atoms with van der Waals surface area (Å²) in [6.07, 6.45) is 7.14. The number of hydrogen-bond acceptors (Lipinski definition) is 4. The van der Waals surface area contributed by atoms with Crippen molar-refractivity contribution in [3.63, 3.8) is 0 Å². The first-order valence-electron chi connectivity index (χ1n) is 8.61. The van der Waals surface area contributed by atoms with Crippen LogP contribution in [0.4, 0.5) is 0 Å². The van der Waals surface area contributed by atoms with Crippen molar-refractivity contribution >= 4 is 23.2 Å². The molecule has 1 aliphatic heterocycles. The molecule has 3 rings (SSSR count). The molecule has 0 spiro atoms. The minimum absolute atomic E-state index is 0.0343. The maximum Gasteiger partial charge on any atom is 0.243 e. The largest absolute Gasteiger partial charge is 0.349 e. The number of aryl methyl sites for hydroxylation is 1. The van der Waals surface area contributed by atoms with E-state index in [1.807, 2.05) is 12.3 Å². The number of aromatic nitrogens is 1. The Morgan fingerprint density at radius 3 is 2.78 bits per heavy atom. The number of hydrogen-bond donors (Lipinski definition) is 1. The predicted molar refractivity (Wildman–Crippen MR) is 90.0 cm³/mol. The lowest BCUT2D eigenvalue weighted by Gasteiger charge is -2.25. The van der Waals surface area contributed by atoms with Gasteiger partial charge in [0.25, 0.3) is 0 Å². The topological polar surface area (TPSA) is 62.3 Å². The Bertz CT molecular complexity index is 566. The molecule has 1 aliphatic carbocycles. The van der Waals surface area contributed by atoms with E-state index >= 15 is 0 Å². The monoisotopic (exact) mass is 335 g/mol. The molecule has 1 saturated heterocycles. The van der Waals surface area contributed by atoms with E-state index in [-0.39, 0.29) is 17.9 Å². The first kappa shape index (κ1) is 16.4. The number of thiazole rings is 1. The van der Waals surface area contributed by atoms with Crippen molar-refractivity contribution in [2.75, 3.05) is 6.54 Å². The summed E-state index contributed by atoms with van der Waals surface area (Å²) in [5, 5.41) is 5.91. The molecule has 6 heteroatoms. The van der Waals surface area contributed by atoms with Gasteiger partial charge in [0.05, 0.1) is 17.2 Å². The van der Waals surface area contributed by atoms with E-state index in [9.17, 15) is 9.59 Å². The first-order chi connectivity index (χ1) is 11.1. The second-order valence-electron chi connectivity index (χ2n) is 6.68. The standard InChI is InChI=1S/C17H25N3O2S/c1-12-19-14(11-23-12)10-18-17(22)15-7-4-8-20(15)16(21)9-13-5-2-3-6-13/h11,13,15H,2-10H2,1H3,(H,18,22)/t15-/m1/s1. The number of nitrogens with one attached hydrogen (secondary N) is 1. The van der Waals surface area contributed by atoms with E-state index in [1.54, 1.807) is 16.2 Å². The summed E-state index contributed by atoms with van der Waals surface area (Å²) in [5.41, 5.74) is 0.891.